The molecule has 1 aliphatic heterocycles. The highest BCUT2D eigenvalue weighted by Gasteiger charge is 2.21. The van der Waals surface area contributed by atoms with Crippen molar-refractivity contribution in [1.29, 1.82) is 0 Å². The van der Waals surface area contributed by atoms with Crippen LogP contribution in [0, 0.1) is 0 Å². The van der Waals surface area contributed by atoms with E-state index in [4.69, 9.17) is 9.47 Å². The Bertz CT molecular complexity index is 442. The van der Waals surface area contributed by atoms with E-state index in [0.29, 0.717) is 12.2 Å². The summed E-state index contributed by atoms with van der Waals surface area (Å²) in [7, 11) is 1.41. The minimum absolute atomic E-state index is 0.0215. The fraction of sp³-hybridized carbons (Fsp3) is 0.571. The molecule has 1 fully saturated rings. The first-order valence-electron chi connectivity index (χ1n) is 6.60. The third kappa shape index (κ3) is 3.96. The average Bonchev–Trinajstić information content (AvgIpc) is 2.82. The molecule has 0 radical (unpaired) electrons. The predicted molar refractivity (Wildman–Crippen MR) is 71.7 cm³/mol. The van der Waals surface area contributed by atoms with E-state index in [0.717, 1.165) is 12.8 Å². The van der Waals surface area contributed by atoms with Gasteiger partial charge >= 0.3 is 6.61 Å². The van der Waals surface area contributed by atoms with E-state index in [1.807, 2.05) is 6.92 Å². The lowest BCUT2D eigenvalue weighted by Crippen LogP contribution is -2.19. The predicted octanol–water partition coefficient (Wildman–Crippen LogP) is 3.28. The van der Waals surface area contributed by atoms with Crippen molar-refractivity contribution in [3.63, 3.8) is 0 Å². The highest BCUT2D eigenvalue weighted by atomic mass is 19.3. The summed E-state index contributed by atoms with van der Waals surface area (Å²) in [6.07, 6.45) is 2.50. The maximum absolute atomic E-state index is 12.3. The summed E-state index contributed by atoms with van der Waals surface area (Å²) in [5, 5.41) is 3.17. The summed E-state index contributed by atoms with van der Waals surface area (Å²) >= 11 is 0. The molecule has 1 N–H and O–H groups in total. The van der Waals surface area contributed by atoms with E-state index in [-0.39, 0.29) is 23.7 Å². The molecule has 1 aromatic rings. The van der Waals surface area contributed by atoms with E-state index in [1.54, 1.807) is 12.1 Å². The van der Waals surface area contributed by atoms with E-state index in [1.165, 1.54) is 13.2 Å². The molecule has 1 saturated heterocycles. The van der Waals surface area contributed by atoms with Crippen molar-refractivity contribution in [3.8, 4) is 11.5 Å². The number of anilines is 1. The van der Waals surface area contributed by atoms with E-state index >= 15 is 0 Å². The van der Waals surface area contributed by atoms with Gasteiger partial charge in [-0.15, -0.1) is 0 Å². The molecule has 6 heteroatoms. The zero-order chi connectivity index (χ0) is 14.5. The van der Waals surface area contributed by atoms with Gasteiger partial charge in [-0.25, -0.2) is 0 Å². The van der Waals surface area contributed by atoms with Gasteiger partial charge in [0.2, 0.25) is 0 Å². The fourth-order valence-corrected chi connectivity index (χ4v) is 2.24. The van der Waals surface area contributed by atoms with E-state index in [9.17, 15) is 8.78 Å². The molecule has 1 aromatic carbocycles. The number of hydrogen-bond donors (Lipinski definition) is 1. The second-order valence-electron chi connectivity index (χ2n) is 4.77. The zero-order valence-electron chi connectivity index (χ0n) is 11.6. The molecule has 2 rings (SSSR count). The highest BCUT2D eigenvalue weighted by Crippen LogP contribution is 2.31. The van der Waals surface area contributed by atoms with Crippen LogP contribution in [0.15, 0.2) is 18.2 Å². The molecular formula is C14H19F2NO3. The van der Waals surface area contributed by atoms with Gasteiger partial charge in [0.1, 0.15) is 0 Å². The summed E-state index contributed by atoms with van der Waals surface area (Å²) in [4.78, 5) is 0. The largest absolute Gasteiger partial charge is 0.493 e. The van der Waals surface area contributed by atoms with Crippen LogP contribution in [0.2, 0.25) is 0 Å². The quantitative estimate of drug-likeness (QED) is 0.871. The standard InChI is InChI=1S/C14H19F2NO3/c1-9-3-5-11(19-9)8-17-10-4-6-12(18-2)13(7-10)20-14(15)16/h4,6-7,9,11,14,17H,3,5,8H2,1-2H3. The Morgan fingerprint density at radius 2 is 2.15 bits per heavy atom. The molecule has 0 spiro atoms. The lowest BCUT2D eigenvalue weighted by molar-refractivity contribution is -0.0511. The Morgan fingerprint density at radius 1 is 1.35 bits per heavy atom. The van der Waals surface area contributed by atoms with Crippen LogP contribution < -0.4 is 14.8 Å². The Balaban J connectivity index is 1.97. The van der Waals surface area contributed by atoms with Crippen LogP contribution in [0.3, 0.4) is 0 Å². The minimum Gasteiger partial charge on any atom is -0.493 e. The van der Waals surface area contributed by atoms with Crippen molar-refractivity contribution >= 4 is 5.69 Å². The first kappa shape index (κ1) is 14.8. The SMILES string of the molecule is COc1ccc(NCC2CCC(C)O2)cc1OC(F)F. The molecule has 112 valence electrons. The number of ether oxygens (including phenoxy) is 3. The van der Waals surface area contributed by atoms with E-state index < -0.39 is 6.61 Å². The van der Waals surface area contributed by atoms with Crippen LogP contribution in [-0.4, -0.2) is 32.5 Å². The first-order valence-corrected chi connectivity index (χ1v) is 6.60. The molecule has 2 atom stereocenters. The molecule has 1 heterocycles. The molecule has 0 aromatic heterocycles. The Labute approximate surface area is 117 Å². The molecule has 0 bridgehead atoms. The lowest BCUT2D eigenvalue weighted by atomic mass is 10.2. The van der Waals surface area contributed by atoms with Gasteiger partial charge < -0.3 is 19.5 Å². The minimum atomic E-state index is -2.88. The van der Waals surface area contributed by atoms with Crippen molar-refractivity contribution in [3.05, 3.63) is 18.2 Å². The second-order valence-corrected chi connectivity index (χ2v) is 4.77. The number of alkyl halides is 2. The van der Waals surface area contributed by atoms with Gasteiger partial charge in [0.05, 0.1) is 19.3 Å². The number of methoxy groups -OCH3 is 1. The van der Waals surface area contributed by atoms with Crippen molar-refractivity contribution < 1.29 is 23.0 Å². The van der Waals surface area contributed by atoms with Gasteiger partial charge in [0.25, 0.3) is 0 Å². The number of nitrogens with one attached hydrogen (secondary N) is 1. The summed E-state index contributed by atoms with van der Waals surface area (Å²) in [6, 6.07) is 4.86. The van der Waals surface area contributed by atoms with Gasteiger partial charge in [-0.2, -0.15) is 8.78 Å². The first-order chi connectivity index (χ1) is 9.58. The lowest BCUT2D eigenvalue weighted by Gasteiger charge is -2.15. The number of benzene rings is 1. The van der Waals surface area contributed by atoms with Crippen molar-refractivity contribution in [2.75, 3.05) is 19.0 Å². The van der Waals surface area contributed by atoms with Crippen LogP contribution in [0.4, 0.5) is 14.5 Å². The van der Waals surface area contributed by atoms with Gasteiger partial charge in [-0.1, -0.05) is 0 Å². The van der Waals surface area contributed by atoms with E-state index in [2.05, 4.69) is 10.1 Å². The molecule has 0 amide bonds. The molecule has 1 aliphatic rings. The monoisotopic (exact) mass is 287 g/mol. The second kappa shape index (κ2) is 6.74. The van der Waals surface area contributed by atoms with Crippen molar-refractivity contribution in [1.82, 2.24) is 0 Å². The topological polar surface area (TPSA) is 39.7 Å². The molecule has 0 saturated carbocycles. The highest BCUT2D eigenvalue weighted by molar-refractivity contribution is 5.54. The van der Waals surface area contributed by atoms with Crippen molar-refractivity contribution in [2.45, 2.75) is 38.6 Å². The van der Waals surface area contributed by atoms with Crippen molar-refractivity contribution in [2.24, 2.45) is 0 Å². The van der Waals surface area contributed by atoms with Gasteiger partial charge in [-0.05, 0) is 31.9 Å². The fourth-order valence-electron chi connectivity index (χ4n) is 2.24. The normalized spacial score (nSPS) is 22.1. The summed E-state index contributed by atoms with van der Waals surface area (Å²) in [6.45, 7) is -0.189. The average molecular weight is 287 g/mol. The van der Waals surface area contributed by atoms with Crippen LogP contribution in [0.25, 0.3) is 0 Å². The Morgan fingerprint density at radius 3 is 2.75 bits per heavy atom. The third-order valence-corrected chi connectivity index (χ3v) is 3.23. The maximum atomic E-state index is 12.3. The van der Waals surface area contributed by atoms with Gasteiger partial charge in [-0.3, -0.25) is 0 Å². The summed E-state index contributed by atoms with van der Waals surface area (Å²) < 4.78 is 39.8. The van der Waals surface area contributed by atoms with Crippen LogP contribution in [0.1, 0.15) is 19.8 Å². The Hall–Kier alpha value is -1.56. The summed E-state index contributed by atoms with van der Waals surface area (Å²) in [5.74, 6) is 0.301. The number of hydrogen-bond acceptors (Lipinski definition) is 4. The number of halogens is 2. The van der Waals surface area contributed by atoms with Crippen LogP contribution in [-0.2, 0) is 4.74 Å². The summed E-state index contributed by atoms with van der Waals surface area (Å²) in [5.41, 5.74) is 0.699. The molecule has 4 nitrogen and oxygen atoms in total. The molecule has 20 heavy (non-hydrogen) atoms. The molecular weight excluding hydrogens is 268 g/mol. The smallest absolute Gasteiger partial charge is 0.387 e. The van der Waals surface area contributed by atoms with Gasteiger partial charge in [0, 0.05) is 18.3 Å². The maximum Gasteiger partial charge on any atom is 0.387 e. The molecule has 2 unspecified atom stereocenters. The Kier molecular flexibility index (Phi) is 5.00. The van der Waals surface area contributed by atoms with Crippen LogP contribution >= 0.6 is 0 Å². The van der Waals surface area contributed by atoms with Gasteiger partial charge in [0.15, 0.2) is 11.5 Å². The van der Waals surface area contributed by atoms with Crippen LogP contribution in [0.5, 0.6) is 11.5 Å². The third-order valence-electron chi connectivity index (χ3n) is 3.23. The zero-order valence-corrected chi connectivity index (χ0v) is 11.6. The molecule has 0 aliphatic carbocycles. The number of rotatable bonds is 6.